The van der Waals surface area contributed by atoms with Gasteiger partial charge in [0, 0.05) is 31.9 Å². The molecular weight excluding hydrogens is 252 g/mol. The summed E-state index contributed by atoms with van der Waals surface area (Å²) < 4.78 is 26.2. The third-order valence-corrected chi connectivity index (χ3v) is 4.89. The number of nitrogens with one attached hydrogen (secondary N) is 1. The Hall–Kier alpha value is -1.49. The Bertz CT molecular complexity index is 562. The van der Waals surface area contributed by atoms with Crippen LogP contribution in [0.3, 0.4) is 0 Å². The molecule has 1 N–H and O–H groups in total. The van der Waals surface area contributed by atoms with Crippen LogP contribution in [0.5, 0.6) is 0 Å². The van der Waals surface area contributed by atoms with E-state index in [0.717, 1.165) is 0 Å². The molecule has 1 atom stereocenters. The van der Waals surface area contributed by atoms with E-state index in [1.54, 1.807) is 0 Å². The SMILES string of the molecule is CC1CNCCN1S(=O)(=O)c1ccc(C#N)nc1. The van der Waals surface area contributed by atoms with Crippen LogP contribution in [0.25, 0.3) is 0 Å². The maximum atomic E-state index is 12.4. The first kappa shape index (κ1) is 13.0. The van der Waals surface area contributed by atoms with Crippen molar-refractivity contribution in [3.8, 4) is 6.07 Å². The van der Waals surface area contributed by atoms with Gasteiger partial charge in [-0.3, -0.25) is 0 Å². The molecule has 1 aromatic heterocycles. The minimum Gasteiger partial charge on any atom is -0.314 e. The first-order valence-electron chi connectivity index (χ1n) is 5.64. The lowest BCUT2D eigenvalue weighted by molar-refractivity contribution is 0.284. The van der Waals surface area contributed by atoms with Crippen LogP contribution in [0.15, 0.2) is 23.2 Å². The van der Waals surface area contributed by atoms with Crippen LogP contribution in [0.4, 0.5) is 0 Å². The highest BCUT2D eigenvalue weighted by Gasteiger charge is 2.30. The van der Waals surface area contributed by atoms with Crippen molar-refractivity contribution >= 4 is 10.0 Å². The molecular formula is C11H14N4O2S. The third-order valence-electron chi connectivity index (χ3n) is 2.90. The molecule has 1 aliphatic rings. The van der Waals surface area contributed by atoms with Crippen molar-refractivity contribution in [1.82, 2.24) is 14.6 Å². The number of piperazine rings is 1. The van der Waals surface area contributed by atoms with Gasteiger partial charge in [-0.1, -0.05) is 0 Å². The zero-order chi connectivity index (χ0) is 13.2. The molecule has 2 heterocycles. The Labute approximate surface area is 106 Å². The second-order valence-electron chi connectivity index (χ2n) is 4.16. The summed E-state index contributed by atoms with van der Waals surface area (Å²) in [7, 11) is -3.51. The molecule has 0 saturated carbocycles. The van der Waals surface area contributed by atoms with Gasteiger partial charge in [-0.25, -0.2) is 13.4 Å². The largest absolute Gasteiger partial charge is 0.314 e. The minimum absolute atomic E-state index is 0.0839. The summed E-state index contributed by atoms with van der Waals surface area (Å²) in [5.74, 6) is 0. The van der Waals surface area contributed by atoms with Crippen molar-refractivity contribution < 1.29 is 8.42 Å². The molecule has 1 saturated heterocycles. The molecule has 1 fully saturated rings. The second-order valence-corrected chi connectivity index (χ2v) is 6.05. The van der Waals surface area contributed by atoms with Crippen molar-refractivity contribution in [3.05, 3.63) is 24.0 Å². The topological polar surface area (TPSA) is 86.1 Å². The first-order valence-corrected chi connectivity index (χ1v) is 7.08. The fourth-order valence-corrected chi connectivity index (χ4v) is 3.49. The first-order chi connectivity index (χ1) is 8.55. The van der Waals surface area contributed by atoms with Crippen molar-refractivity contribution in [2.24, 2.45) is 0 Å². The van der Waals surface area contributed by atoms with Crippen LogP contribution in [0.1, 0.15) is 12.6 Å². The van der Waals surface area contributed by atoms with E-state index in [0.29, 0.717) is 19.6 Å². The number of nitrogens with zero attached hydrogens (tertiary/aromatic N) is 3. The van der Waals surface area contributed by atoms with E-state index in [-0.39, 0.29) is 16.6 Å². The van der Waals surface area contributed by atoms with Gasteiger partial charge in [0.2, 0.25) is 10.0 Å². The lowest BCUT2D eigenvalue weighted by atomic mass is 10.3. The lowest BCUT2D eigenvalue weighted by Crippen LogP contribution is -2.52. The van der Waals surface area contributed by atoms with Crippen LogP contribution in [0, 0.1) is 11.3 Å². The summed E-state index contributed by atoms with van der Waals surface area (Å²) in [6.45, 7) is 3.60. The number of hydrogen-bond acceptors (Lipinski definition) is 5. The number of nitriles is 1. The molecule has 0 radical (unpaired) electrons. The fourth-order valence-electron chi connectivity index (χ4n) is 1.91. The molecule has 18 heavy (non-hydrogen) atoms. The minimum atomic E-state index is -3.51. The Kier molecular flexibility index (Phi) is 3.61. The molecule has 1 aliphatic heterocycles. The summed E-state index contributed by atoms with van der Waals surface area (Å²) in [5, 5.41) is 11.8. The normalized spacial score (nSPS) is 21.4. The number of sulfonamides is 1. The van der Waals surface area contributed by atoms with E-state index >= 15 is 0 Å². The Morgan fingerprint density at radius 2 is 2.33 bits per heavy atom. The van der Waals surface area contributed by atoms with Crippen molar-refractivity contribution in [2.45, 2.75) is 17.9 Å². The monoisotopic (exact) mass is 266 g/mol. The lowest BCUT2D eigenvalue weighted by Gasteiger charge is -2.32. The molecule has 0 bridgehead atoms. The number of pyridine rings is 1. The van der Waals surface area contributed by atoms with Crippen molar-refractivity contribution in [2.75, 3.05) is 19.6 Å². The van der Waals surface area contributed by atoms with E-state index in [1.807, 2.05) is 13.0 Å². The van der Waals surface area contributed by atoms with Crippen LogP contribution in [-0.4, -0.2) is 43.4 Å². The smallest absolute Gasteiger partial charge is 0.244 e. The zero-order valence-electron chi connectivity index (χ0n) is 10.00. The molecule has 1 aromatic rings. The Balaban J connectivity index is 2.32. The van der Waals surface area contributed by atoms with Crippen LogP contribution >= 0.6 is 0 Å². The van der Waals surface area contributed by atoms with E-state index in [4.69, 9.17) is 5.26 Å². The van der Waals surface area contributed by atoms with Gasteiger partial charge in [0.25, 0.3) is 0 Å². The standard InChI is InChI=1S/C11H14N4O2S/c1-9-7-13-4-5-15(9)18(16,17)11-3-2-10(6-12)14-8-11/h2-3,8-9,13H,4-5,7H2,1H3. The fraction of sp³-hybridized carbons (Fsp3) is 0.455. The van der Waals surface area contributed by atoms with Gasteiger partial charge in [-0.15, -0.1) is 0 Å². The molecule has 2 rings (SSSR count). The summed E-state index contributed by atoms with van der Waals surface area (Å²) in [6, 6.07) is 4.62. The molecule has 1 unspecified atom stereocenters. The zero-order valence-corrected chi connectivity index (χ0v) is 10.8. The Morgan fingerprint density at radius 1 is 1.56 bits per heavy atom. The second kappa shape index (κ2) is 5.02. The highest BCUT2D eigenvalue weighted by molar-refractivity contribution is 7.89. The number of aromatic nitrogens is 1. The van der Waals surface area contributed by atoms with Gasteiger partial charge in [-0.2, -0.15) is 9.57 Å². The maximum Gasteiger partial charge on any atom is 0.244 e. The summed E-state index contributed by atoms with van der Waals surface area (Å²) in [6.07, 6.45) is 1.24. The molecule has 7 heteroatoms. The van der Waals surface area contributed by atoms with Gasteiger partial charge >= 0.3 is 0 Å². The van der Waals surface area contributed by atoms with Gasteiger partial charge in [0.05, 0.1) is 0 Å². The maximum absolute atomic E-state index is 12.4. The van der Waals surface area contributed by atoms with Crippen molar-refractivity contribution in [1.29, 1.82) is 5.26 Å². The summed E-state index contributed by atoms with van der Waals surface area (Å²) >= 11 is 0. The van der Waals surface area contributed by atoms with E-state index in [9.17, 15) is 8.42 Å². The van der Waals surface area contributed by atoms with Crippen molar-refractivity contribution in [3.63, 3.8) is 0 Å². The quantitative estimate of drug-likeness (QED) is 0.810. The van der Waals surface area contributed by atoms with E-state index in [2.05, 4.69) is 10.3 Å². The van der Waals surface area contributed by atoms with Gasteiger partial charge < -0.3 is 5.32 Å². The highest BCUT2D eigenvalue weighted by Crippen LogP contribution is 2.18. The molecule has 0 amide bonds. The molecule has 96 valence electrons. The summed E-state index contributed by atoms with van der Waals surface area (Å²) in [5.41, 5.74) is 0.210. The number of rotatable bonds is 2. The van der Waals surface area contributed by atoms with Crippen LogP contribution in [-0.2, 0) is 10.0 Å². The van der Waals surface area contributed by atoms with E-state index < -0.39 is 10.0 Å². The average molecular weight is 266 g/mol. The average Bonchev–Trinajstić information content (AvgIpc) is 2.39. The molecule has 0 spiro atoms. The molecule has 0 aliphatic carbocycles. The van der Waals surface area contributed by atoms with Crippen LogP contribution < -0.4 is 5.32 Å². The van der Waals surface area contributed by atoms with Gasteiger partial charge in [0.15, 0.2) is 0 Å². The van der Waals surface area contributed by atoms with Gasteiger partial charge in [-0.05, 0) is 19.1 Å². The predicted octanol–water partition coefficient (Wildman–Crippen LogP) is -0.0643. The molecule has 0 aromatic carbocycles. The summed E-state index contributed by atoms with van der Waals surface area (Å²) in [4.78, 5) is 3.94. The number of hydrogen-bond donors (Lipinski definition) is 1. The predicted molar refractivity (Wildman–Crippen MR) is 65.2 cm³/mol. The third kappa shape index (κ3) is 2.36. The van der Waals surface area contributed by atoms with Gasteiger partial charge in [0.1, 0.15) is 16.7 Å². The van der Waals surface area contributed by atoms with E-state index in [1.165, 1.54) is 22.6 Å². The highest BCUT2D eigenvalue weighted by atomic mass is 32.2. The molecule has 6 nitrogen and oxygen atoms in total. The van der Waals surface area contributed by atoms with Crippen LogP contribution in [0.2, 0.25) is 0 Å². The Morgan fingerprint density at radius 3 is 2.89 bits per heavy atom.